The van der Waals surface area contributed by atoms with Gasteiger partial charge in [0.15, 0.2) is 6.79 Å². The highest BCUT2D eigenvalue weighted by Crippen LogP contribution is 2.34. The number of rotatable bonds is 8. The minimum absolute atomic E-state index is 0.0415. The fourth-order valence-corrected chi connectivity index (χ4v) is 2.62. The minimum Gasteiger partial charge on any atom is -0.468 e. The van der Waals surface area contributed by atoms with Gasteiger partial charge in [-0.1, -0.05) is 32.6 Å². The molecular formula is C20H23FO4. The average molecular weight is 346 g/mol. The Morgan fingerprint density at radius 3 is 2.68 bits per heavy atom. The zero-order valence-electron chi connectivity index (χ0n) is 14.8. The number of esters is 1. The largest absolute Gasteiger partial charge is 0.468 e. The first-order valence-corrected chi connectivity index (χ1v) is 8.16. The highest BCUT2D eigenvalue weighted by molar-refractivity contribution is 5.94. The lowest BCUT2D eigenvalue weighted by molar-refractivity contribution is -0.143. The Morgan fingerprint density at radius 1 is 1.28 bits per heavy atom. The Balaban J connectivity index is 2.18. The van der Waals surface area contributed by atoms with E-state index >= 15 is 0 Å². The summed E-state index contributed by atoms with van der Waals surface area (Å²) in [6.07, 6.45) is 1.54. The predicted molar refractivity (Wildman–Crippen MR) is 96.2 cm³/mol. The van der Waals surface area contributed by atoms with Gasteiger partial charge in [-0.05, 0) is 40.5 Å². The van der Waals surface area contributed by atoms with Gasteiger partial charge < -0.3 is 14.2 Å². The fraction of sp³-hybridized carbons (Fsp3) is 0.350. The smallest absolute Gasteiger partial charge is 0.302 e. The van der Waals surface area contributed by atoms with Gasteiger partial charge in [0.25, 0.3) is 0 Å². The van der Waals surface area contributed by atoms with Crippen molar-refractivity contribution in [2.45, 2.75) is 26.7 Å². The Bertz CT molecular complexity index is 768. The zero-order chi connectivity index (χ0) is 18.4. The molecule has 2 aromatic carbocycles. The zero-order valence-corrected chi connectivity index (χ0v) is 14.8. The Hall–Kier alpha value is -2.40. The Morgan fingerprint density at radius 2 is 2.04 bits per heavy atom. The van der Waals surface area contributed by atoms with Crippen LogP contribution in [0, 0.1) is 5.82 Å². The second kappa shape index (κ2) is 8.62. The molecule has 0 aromatic heterocycles. The maximum Gasteiger partial charge on any atom is 0.302 e. The van der Waals surface area contributed by atoms with E-state index in [9.17, 15) is 9.18 Å². The summed E-state index contributed by atoms with van der Waals surface area (Å²) in [6, 6.07) is 6.92. The van der Waals surface area contributed by atoms with Gasteiger partial charge in [-0.3, -0.25) is 4.79 Å². The molecule has 5 heteroatoms. The molecule has 0 N–H and O–H groups in total. The molecule has 0 saturated heterocycles. The predicted octanol–water partition coefficient (Wildman–Crippen LogP) is 4.66. The molecule has 0 radical (unpaired) electrons. The molecule has 0 spiro atoms. The van der Waals surface area contributed by atoms with Crippen molar-refractivity contribution in [2.24, 2.45) is 0 Å². The van der Waals surface area contributed by atoms with Crippen molar-refractivity contribution in [3.8, 4) is 5.75 Å². The van der Waals surface area contributed by atoms with Crippen LogP contribution in [0.15, 0.2) is 30.8 Å². The van der Waals surface area contributed by atoms with Crippen LogP contribution in [0.25, 0.3) is 16.8 Å². The second-order valence-corrected chi connectivity index (χ2v) is 5.94. The molecule has 0 aliphatic carbocycles. The van der Waals surface area contributed by atoms with E-state index in [0.29, 0.717) is 11.3 Å². The van der Waals surface area contributed by atoms with Gasteiger partial charge in [-0.15, -0.1) is 0 Å². The van der Waals surface area contributed by atoms with Crippen LogP contribution in [0.1, 0.15) is 37.8 Å². The third-order valence-corrected chi connectivity index (χ3v) is 3.78. The number of ether oxygens (including phenoxy) is 3. The number of carbonyl (C=O) groups excluding carboxylic acids is 1. The fourth-order valence-electron chi connectivity index (χ4n) is 2.62. The van der Waals surface area contributed by atoms with Gasteiger partial charge in [-0.25, -0.2) is 4.39 Å². The van der Waals surface area contributed by atoms with Gasteiger partial charge in [0.1, 0.15) is 18.2 Å². The van der Waals surface area contributed by atoms with Crippen LogP contribution in [-0.4, -0.2) is 26.0 Å². The number of hydrogen-bond acceptors (Lipinski definition) is 4. The number of carbonyl (C=O) groups is 1. The first-order chi connectivity index (χ1) is 11.9. The molecule has 0 fully saturated rings. The number of hydrogen-bond donors (Lipinski definition) is 0. The van der Waals surface area contributed by atoms with E-state index in [1.807, 2.05) is 26.0 Å². The first kappa shape index (κ1) is 18.9. The summed E-state index contributed by atoms with van der Waals surface area (Å²) in [7, 11) is 0. The molecule has 0 heterocycles. The number of fused-ring (bicyclic) bond motifs is 1. The first-order valence-electron chi connectivity index (χ1n) is 8.16. The molecular weight excluding hydrogens is 323 g/mol. The van der Waals surface area contributed by atoms with Gasteiger partial charge in [-0.2, -0.15) is 0 Å². The molecule has 25 heavy (non-hydrogen) atoms. The maximum atomic E-state index is 14.1. The molecule has 0 saturated carbocycles. The van der Waals surface area contributed by atoms with E-state index in [2.05, 4.69) is 6.58 Å². The average Bonchev–Trinajstić information content (AvgIpc) is 2.57. The van der Waals surface area contributed by atoms with Crippen molar-refractivity contribution in [1.29, 1.82) is 0 Å². The molecule has 0 amide bonds. The summed E-state index contributed by atoms with van der Waals surface area (Å²) >= 11 is 0. The monoisotopic (exact) mass is 346 g/mol. The maximum absolute atomic E-state index is 14.1. The van der Waals surface area contributed by atoms with Crippen LogP contribution in [-0.2, 0) is 14.3 Å². The lowest BCUT2D eigenvalue weighted by Crippen LogP contribution is -2.11. The van der Waals surface area contributed by atoms with Gasteiger partial charge in [0, 0.05) is 12.5 Å². The third-order valence-electron chi connectivity index (χ3n) is 3.78. The van der Waals surface area contributed by atoms with E-state index in [1.165, 1.54) is 13.0 Å². The molecule has 4 nitrogen and oxygen atoms in total. The quantitative estimate of drug-likeness (QED) is 0.396. The topological polar surface area (TPSA) is 44.8 Å². The molecule has 0 bridgehead atoms. The van der Waals surface area contributed by atoms with E-state index in [-0.39, 0.29) is 37.7 Å². The summed E-state index contributed by atoms with van der Waals surface area (Å²) in [5.74, 6) is 0.208. The summed E-state index contributed by atoms with van der Waals surface area (Å²) in [5.41, 5.74) is 1.49. The highest BCUT2D eigenvalue weighted by atomic mass is 19.1. The van der Waals surface area contributed by atoms with Gasteiger partial charge in [0.2, 0.25) is 0 Å². The van der Waals surface area contributed by atoms with Crippen LogP contribution < -0.4 is 4.74 Å². The Labute approximate surface area is 147 Å². The van der Waals surface area contributed by atoms with E-state index in [4.69, 9.17) is 14.2 Å². The minimum atomic E-state index is -0.342. The molecule has 2 rings (SSSR count). The summed E-state index contributed by atoms with van der Waals surface area (Å²) in [6.45, 7) is 9.66. The molecule has 0 unspecified atom stereocenters. The molecule has 134 valence electrons. The van der Waals surface area contributed by atoms with Crippen LogP contribution in [0.2, 0.25) is 0 Å². The lowest BCUT2D eigenvalue weighted by atomic mass is 9.92. The van der Waals surface area contributed by atoms with Crippen molar-refractivity contribution >= 4 is 22.8 Å². The van der Waals surface area contributed by atoms with Crippen molar-refractivity contribution in [2.75, 3.05) is 20.0 Å². The standard InChI is InChI=1S/C20H23FO4/c1-5-17-19(21)7-6-15-10-16(11-18(13(2)3)20(15)17)25-12-23-8-9-24-14(4)22/h5-7,10-11,13H,1,8-9,12H2,2-4H3. The summed E-state index contributed by atoms with van der Waals surface area (Å²) in [5, 5.41) is 1.74. The van der Waals surface area contributed by atoms with Crippen LogP contribution in [0.4, 0.5) is 4.39 Å². The van der Waals surface area contributed by atoms with E-state index in [1.54, 1.807) is 12.1 Å². The summed E-state index contributed by atoms with van der Waals surface area (Å²) in [4.78, 5) is 10.7. The van der Waals surface area contributed by atoms with Gasteiger partial charge in [0.05, 0.1) is 6.61 Å². The Kier molecular flexibility index (Phi) is 6.53. The van der Waals surface area contributed by atoms with Crippen molar-refractivity contribution < 1.29 is 23.4 Å². The summed E-state index contributed by atoms with van der Waals surface area (Å²) < 4.78 is 29.8. The third kappa shape index (κ3) is 4.79. The van der Waals surface area contributed by atoms with E-state index in [0.717, 1.165) is 16.3 Å². The second-order valence-electron chi connectivity index (χ2n) is 5.94. The van der Waals surface area contributed by atoms with Crippen LogP contribution >= 0.6 is 0 Å². The van der Waals surface area contributed by atoms with Crippen molar-refractivity contribution in [1.82, 2.24) is 0 Å². The van der Waals surface area contributed by atoms with Crippen molar-refractivity contribution in [3.63, 3.8) is 0 Å². The SMILES string of the molecule is C=Cc1c(F)ccc2cc(OCOCCOC(C)=O)cc(C(C)C)c12. The highest BCUT2D eigenvalue weighted by Gasteiger charge is 2.14. The molecule has 2 aromatic rings. The number of halogens is 1. The van der Waals surface area contributed by atoms with Crippen molar-refractivity contribution in [3.05, 3.63) is 47.8 Å². The van der Waals surface area contributed by atoms with Gasteiger partial charge >= 0.3 is 5.97 Å². The van der Waals surface area contributed by atoms with Crippen LogP contribution in [0.3, 0.4) is 0 Å². The lowest BCUT2D eigenvalue weighted by Gasteiger charge is -2.16. The molecule has 0 aliphatic rings. The molecule has 0 aliphatic heterocycles. The number of benzene rings is 2. The van der Waals surface area contributed by atoms with E-state index < -0.39 is 0 Å². The van der Waals surface area contributed by atoms with Crippen LogP contribution in [0.5, 0.6) is 5.75 Å². The normalized spacial score (nSPS) is 10.9. The molecule has 0 atom stereocenters.